The Morgan fingerprint density at radius 2 is 2.33 bits per heavy atom. The molecule has 1 N–H and O–H groups in total. The molecule has 0 aliphatic rings. The Kier molecular flexibility index (Phi) is 6.16. The van der Waals surface area contributed by atoms with E-state index in [1.165, 1.54) is 11.8 Å². The molecular formula is C3H7ClOS. The third kappa shape index (κ3) is 4.60. The summed E-state index contributed by atoms with van der Waals surface area (Å²) in [4.78, 5) is 0. The highest BCUT2D eigenvalue weighted by molar-refractivity contribution is 8.00. The molecule has 0 heterocycles. The standard InChI is InChI=1S/C3H7ClOS/c4-3-6-2-1-5/h5H,1-3H2. The lowest BCUT2D eigenvalue weighted by Gasteiger charge is -1.85. The molecule has 0 saturated carbocycles. The summed E-state index contributed by atoms with van der Waals surface area (Å²) < 4.78 is 0. The van der Waals surface area contributed by atoms with Crippen LogP contribution in [0, 0.1) is 0 Å². The molecule has 1 nitrogen and oxygen atoms in total. The van der Waals surface area contributed by atoms with Crippen molar-refractivity contribution in [2.45, 2.75) is 0 Å². The Balaban J connectivity index is 2.34. The highest BCUT2D eigenvalue weighted by atomic mass is 35.5. The van der Waals surface area contributed by atoms with E-state index in [9.17, 15) is 0 Å². The maximum Gasteiger partial charge on any atom is 0.0681 e. The predicted octanol–water partition coefficient (Wildman–Crippen LogP) is 0.908. The molecule has 0 aromatic heterocycles. The zero-order valence-electron chi connectivity index (χ0n) is 3.35. The van der Waals surface area contributed by atoms with E-state index in [0.29, 0.717) is 5.21 Å². The Labute approximate surface area is 46.7 Å². The average molecular weight is 127 g/mol. The SMILES string of the molecule is OCCSCCl. The molecule has 0 aliphatic carbocycles. The Morgan fingerprint density at radius 1 is 1.67 bits per heavy atom. The van der Waals surface area contributed by atoms with Crippen LogP contribution < -0.4 is 0 Å². The number of rotatable bonds is 3. The van der Waals surface area contributed by atoms with Gasteiger partial charge < -0.3 is 5.11 Å². The first-order valence-corrected chi connectivity index (χ1v) is 3.35. The zero-order chi connectivity index (χ0) is 4.83. The third-order valence-corrected chi connectivity index (χ3v) is 1.40. The smallest absolute Gasteiger partial charge is 0.0681 e. The summed E-state index contributed by atoms with van der Waals surface area (Å²) in [6, 6.07) is 0. The van der Waals surface area contributed by atoms with Crippen LogP contribution in [0.15, 0.2) is 0 Å². The number of thioether (sulfide) groups is 1. The maximum absolute atomic E-state index is 8.12. The minimum absolute atomic E-state index is 0.234. The van der Waals surface area contributed by atoms with E-state index in [1.807, 2.05) is 0 Å². The van der Waals surface area contributed by atoms with Crippen molar-refractivity contribution < 1.29 is 5.11 Å². The van der Waals surface area contributed by atoms with Crippen LogP contribution in [-0.2, 0) is 0 Å². The quantitative estimate of drug-likeness (QED) is 0.448. The molecule has 0 saturated heterocycles. The largest absolute Gasteiger partial charge is 0.396 e. The molecule has 3 heteroatoms. The van der Waals surface area contributed by atoms with Gasteiger partial charge in [-0.2, -0.15) is 0 Å². The first-order chi connectivity index (χ1) is 2.91. The molecule has 0 unspecified atom stereocenters. The molecule has 0 aromatic rings. The molecule has 0 fully saturated rings. The first kappa shape index (κ1) is 6.60. The molecule has 0 aromatic carbocycles. The third-order valence-electron chi connectivity index (χ3n) is 0.313. The van der Waals surface area contributed by atoms with Crippen LogP contribution in [-0.4, -0.2) is 22.7 Å². The molecule has 0 bridgehead atoms. The fourth-order valence-corrected chi connectivity index (χ4v) is 0.685. The van der Waals surface area contributed by atoms with Crippen LogP contribution in [0.4, 0.5) is 0 Å². The van der Waals surface area contributed by atoms with Gasteiger partial charge in [0, 0.05) is 5.75 Å². The van der Waals surface area contributed by atoms with Gasteiger partial charge in [-0.05, 0) is 0 Å². The molecule has 0 radical (unpaired) electrons. The van der Waals surface area contributed by atoms with Crippen molar-refractivity contribution in [3.63, 3.8) is 0 Å². The van der Waals surface area contributed by atoms with Gasteiger partial charge >= 0.3 is 0 Å². The predicted molar refractivity (Wildman–Crippen MR) is 30.3 cm³/mol. The van der Waals surface area contributed by atoms with E-state index in [1.54, 1.807) is 0 Å². The highest BCUT2D eigenvalue weighted by Gasteiger charge is 1.77. The van der Waals surface area contributed by atoms with Gasteiger partial charge in [0.25, 0.3) is 0 Å². The zero-order valence-corrected chi connectivity index (χ0v) is 4.93. The molecule has 38 valence electrons. The minimum atomic E-state index is 0.234. The van der Waals surface area contributed by atoms with Crippen LogP contribution in [0.25, 0.3) is 0 Å². The number of halogens is 1. The number of alkyl halides is 1. The Morgan fingerprint density at radius 3 is 2.50 bits per heavy atom. The summed E-state index contributed by atoms with van der Waals surface area (Å²) in [6.07, 6.45) is 0. The van der Waals surface area contributed by atoms with Crippen molar-refractivity contribution in [2.75, 3.05) is 17.6 Å². The molecule has 0 aliphatic heterocycles. The summed E-state index contributed by atoms with van der Waals surface area (Å²) in [7, 11) is 0. The topological polar surface area (TPSA) is 20.2 Å². The van der Waals surface area contributed by atoms with Gasteiger partial charge in [-0.3, -0.25) is 0 Å². The summed E-state index contributed by atoms with van der Waals surface area (Å²) in [6.45, 7) is 0.234. The molecule has 0 spiro atoms. The molecule has 0 amide bonds. The van der Waals surface area contributed by atoms with Crippen LogP contribution in [0.1, 0.15) is 0 Å². The lowest BCUT2D eigenvalue weighted by molar-refractivity contribution is 0.322. The van der Waals surface area contributed by atoms with Gasteiger partial charge in [-0.15, -0.1) is 23.4 Å². The molecule has 0 atom stereocenters. The number of aliphatic hydroxyl groups excluding tert-OH is 1. The van der Waals surface area contributed by atoms with Gasteiger partial charge in [-0.25, -0.2) is 0 Å². The minimum Gasteiger partial charge on any atom is -0.396 e. The van der Waals surface area contributed by atoms with Gasteiger partial charge in [-0.1, -0.05) is 0 Å². The second-order valence-corrected chi connectivity index (χ2v) is 2.43. The van der Waals surface area contributed by atoms with Crippen LogP contribution >= 0.6 is 23.4 Å². The van der Waals surface area contributed by atoms with Crippen LogP contribution in [0.2, 0.25) is 0 Å². The fourth-order valence-electron chi connectivity index (χ4n) is 0.119. The molecular weight excluding hydrogens is 120 g/mol. The summed E-state index contributed by atoms with van der Waals surface area (Å²) in [5.74, 6) is 0.753. The number of hydrogen-bond acceptors (Lipinski definition) is 2. The number of aliphatic hydroxyl groups is 1. The lowest BCUT2D eigenvalue weighted by Crippen LogP contribution is -1.83. The van der Waals surface area contributed by atoms with Crippen LogP contribution in [0.5, 0.6) is 0 Å². The van der Waals surface area contributed by atoms with E-state index in [4.69, 9.17) is 16.7 Å². The Bertz CT molecular complexity index is 22.8. The molecule has 6 heavy (non-hydrogen) atoms. The van der Waals surface area contributed by atoms with Gasteiger partial charge in [0.1, 0.15) is 0 Å². The Hall–Kier alpha value is 0.600. The van der Waals surface area contributed by atoms with Gasteiger partial charge in [0.2, 0.25) is 0 Å². The molecule has 0 rings (SSSR count). The highest BCUT2D eigenvalue weighted by Crippen LogP contribution is 1.98. The van der Waals surface area contributed by atoms with E-state index in [-0.39, 0.29) is 6.61 Å². The first-order valence-electron chi connectivity index (χ1n) is 1.66. The van der Waals surface area contributed by atoms with E-state index in [0.717, 1.165) is 5.75 Å². The van der Waals surface area contributed by atoms with Crippen molar-refractivity contribution in [3.8, 4) is 0 Å². The van der Waals surface area contributed by atoms with E-state index in [2.05, 4.69) is 0 Å². The van der Waals surface area contributed by atoms with Gasteiger partial charge in [0.05, 0.1) is 11.8 Å². The lowest BCUT2D eigenvalue weighted by atomic mass is 10.9. The second-order valence-electron chi connectivity index (χ2n) is 0.741. The average Bonchev–Trinajstić information content (AvgIpc) is 1.61. The van der Waals surface area contributed by atoms with Crippen molar-refractivity contribution in [1.29, 1.82) is 0 Å². The summed E-state index contributed by atoms with van der Waals surface area (Å²) >= 11 is 6.76. The number of hydrogen-bond donors (Lipinski definition) is 1. The van der Waals surface area contributed by atoms with Crippen LogP contribution in [0.3, 0.4) is 0 Å². The normalized spacial score (nSPS) is 9.00. The summed E-state index contributed by atoms with van der Waals surface area (Å²) in [5, 5.41) is 8.70. The summed E-state index contributed by atoms with van der Waals surface area (Å²) in [5.41, 5.74) is 0. The second kappa shape index (κ2) is 5.60. The van der Waals surface area contributed by atoms with E-state index < -0.39 is 0 Å². The maximum atomic E-state index is 8.12. The van der Waals surface area contributed by atoms with Crippen molar-refractivity contribution in [2.24, 2.45) is 0 Å². The van der Waals surface area contributed by atoms with E-state index >= 15 is 0 Å². The van der Waals surface area contributed by atoms with Gasteiger partial charge in [0.15, 0.2) is 0 Å². The monoisotopic (exact) mass is 126 g/mol. The fraction of sp³-hybridized carbons (Fsp3) is 1.00. The van der Waals surface area contributed by atoms with Crippen molar-refractivity contribution in [1.82, 2.24) is 0 Å². The van der Waals surface area contributed by atoms with Crippen molar-refractivity contribution in [3.05, 3.63) is 0 Å². The van der Waals surface area contributed by atoms with Crippen molar-refractivity contribution >= 4 is 23.4 Å².